The maximum Gasteiger partial charge on any atom is 0.407 e. The third kappa shape index (κ3) is 5.68. The Morgan fingerprint density at radius 2 is 1.67 bits per heavy atom. The summed E-state index contributed by atoms with van der Waals surface area (Å²) in [6.45, 7) is 0.711. The van der Waals surface area contributed by atoms with E-state index in [1.54, 1.807) is 0 Å². The van der Waals surface area contributed by atoms with Crippen molar-refractivity contribution < 1.29 is 24.2 Å². The van der Waals surface area contributed by atoms with Gasteiger partial charge in [-0.05, 0) is 41.5 Å². The van der Waals surface area contributed by atoms with Gasteiger partial charge in [0.05, 0.1) is 5.75 Å². The zero-order valence-electron chi connectivity index (χ0n) is 18.3. The van der Waals surface area contributed by atoms with Crippen molar-refractivity contribution in [2.24, 2.45) is 5.92 Å². The molecule has 0 spiro atoms. The highest BCUT2D eigenvalue weighted by molar-refractivity contribution is 7.99. The normalized spacial score (nSPS) is 18.9. The number of rotatable bonds is 9. The van der Waals surface area contributed by atoms with Crippen LogP contribution in [-0.4, -0.2) is 53.8 Å². The van der Waals surface area contributed by atoms with Crippen LogP contribution >= 0.6 is 11.8 Å². The lowest BCUT2D eigenvalue weighted by atomic mass is 9.98. The van der Waals surface area contributed by atoms with Crippen LogP contribution in [0.4, 0.5) is 4.79 Å². The Morgan fingerprint density at radius 1 is 1.00 bits per heavy atom. The molecule has 2 aromatic rings. The third-order valence-corrected chi connectivity index (χ3v) is 7.18. The van der Waals surface area contributed by atoms with Crippen LogP contribution in [0.15, 0.2) is 48.5 Å². The molecule has 2 aromatic carbocycles. The summed E-state index contributed by atoms with van der Waals surface area (Å²) in [7, 11) is 0. The van der Waals surface area contributed by atoms with Gasteiger partial charge in [0.15, 0.2) is 0 Å². The van der Waals surface area contributed by atoms with Gasteiger partial charge in [-0.25, -0.2) is 4.79 Å². The first-order valence-electron chi connectivity index (χ1n) is 11.2. The van der Waals surface area contributed by atoms with Gasteiger partial charge in [-0.15, -0.1) is 11.8 Å². The number of fused-ring (bicyclic) bond motifs is 3. The molecule has 0 bridgehead atoms. The number of carbonyl (C=O) groups is 3. The Balaban J connectivity index is 1.22. The molecule has 2 atom stereocenters. The van der Waals surface area contributed by atoms with Crippen molar-refractivity contribution in [3.8, 4) is 11.1 Å². The summed E-state index contributed by atoms with van der Waals surface area (Å²) < 4.78 is 5.61. The Labute approximate surface area is 197 Å². The van der Waals surface area contributed by atoms with Crippen LogP contribution in [0.1, 0.15) is 36.3 Å². The quantitative estimate of drug-likeness (QED) is 0.486. The molecule has 2 aliphatic rings. The number of carbonyl (C=O) groups excluding carboxylic acids is 2. The van der Waals surface area contributed by atoms with Crippen molar-refractivity contribution in [2.45, 2.75) is 31.2 Å². The van der Waals surface area contributed by atoms with E-state index in [0.29, 0.717) is 25.1 Å². The standard InChI is InChI=1S/C25H28N2O5S/c28-23(29)15-33-12-11-26-24(30)16-9-10-17(13-16)27-25(31)32-14-22-20-7-3-1-5-18(20)19-6-2-4-8-21(19)22/h1-8,16-17,22H,9-15H2,(H,26,30)(H,27,31)(H,28,29). The van der Waals surface area contributed by atoms with Crippen LogP contribution in [-0.2, 0) is 14.3 Å². The number of benzene rings is 2. The van der Waals surface area contributed by atoms with E-state index < -0.39 is 12.1 Å². The highest BCUT2D eigenvalue weighted by Crippen LogP contribution is 2.44. The number of aliphatic carboxylic acids is 1. The number of carboxylic acids is 1. The van der Waals surface area contributed by atoms with Crippen LogP contribution in [0.3, 0.4) is 0 Å². The predicted octanol–water partition coefficient (Wildman–Crippen LogP) is 3.63. The molecule has 3 N–H and O–H groups in total. The fourth-order valence-corrected chi connectivity index (χ4v) is 5.27. The first kappa shape index (κ1) is 23.2. The second kappa shape index (κ2) is 10.7. The van der Waals surface area contributed by atoms with Crippen molar-refractivity contribution in [3.05, 3.63) is 59.7 Å². The molecule has 0 radical (unpaired) electrons. The molecule has 0 heterocycles. The predicted molar refractivity (Wildman–Crippen MR) is 127 cm³/mol. The molecule has 4 rings (SSSR count). The van der Waals surface area contributed by atoms with Crippen molar-refractivity contribution in [3.63, 3.8) is 0 Å². The summed E-state index contributed by atoms with van der Waals surface area (Å²) in [6.07, 6.45) is 1.57. The molecule has 174 valence electrons. The lowest BCUT2D eigenvalue weighted by Gasteiger charge is -2.17. The number of carboxylic acid groups (broad SMARTS) is 1. The van der Waals surface area contributed by atoms with E-state index in [9.17, 15) is 14.4 Å². The molecule has 7 nitrogen and oxygen atoms in total. The van der Waals surface area contributed by atoms with E-state index >= 15 is 0 Å². The average molecular weight is 469 g/mol. The third-order valence-electron chi connectivity index (χ3n) is 6.24. The molecule has 1 saturated carbocycles. The highest BCUT2D eigenvalue weighted by atomic mass is 32.2. The molecule has 2 unspecified atom stereocenters. The van der Waals surface area contributed by atoms with Crippen molar-refractivity contribution in [1.82, 2.24) is 10.6 Å². The molecule has 0 saturated heterocycles. The molecular weight excluding hydrogens is 440 g/mol. The summed E-state index contributed by atoms with van der Waals surface area (Å²) >= 11 is 1.27. The van der Waals surface area contributed by atoms with Gasteiger partial charge in [0.2, 0.25) is 5.91 Å². The number of alkyl carbamates (subject to hydrolysis) is 1. The Kier molecular flexibility index (Phi) is 7.54. The van der Waals surface area contributed by atoms with Crippen molar-refractivity contribution in [1.29, 1.82) is 0 Å². The zero-order valence-corrected chi connectivity index (χ0v) is 19.1. The molecule has 0 aromatic heterocycles. The average Bonchev–Trinajstić information content (AvgIpc) is 3.40. The van der Waals surface area contributed by atoms with Crippen LogP contribution in [0.5, 0.6) is 0 Å². The number of ether oxygens (including phenoxy) is 1. The summed E-state index contributed by atoms with van der Waals surface area (Å²) in [5.41, 5.74) is 4.72. The lowest BCUT2D eigenvalue weighted by Crippen LogP contribution is -2.36. The minimum absolute atomic E-state index is 0.0178. The smallest absolute Gasteiger partial charge is 0.407 e. The minimum Gasteiger partial charge on any atom is -0.481 e. The number of hydrogen-bond donors (Lipinski definition) is 3. The molecular formula is C25H28N2O5S. The SMILES string of the molecule is O=C(O)CSCCNC(=O)C1CCC(NC(=O)OCC2c3ccccc3-c3ccccc32)C1. The van der Waals surface area contributed by atoms with E-state index in [0.717, 1.165) is 6.42 Å². The second-order valence-electron chi connectivity index (χ2n) is 8.41. The highest BCUT2D eigenvalue weighted by Gasteiger charge is 2.32. The largest absolute Gasteiger partial charge is 0.481 e. The van der Waals surface area contributed by atoms with E-state index in [-0.39, 0.29) is 36.1 Å². The molecule has 33 heavy (non-hydrogen) atoms. The topological polar surface area (TPSA) is 105 Å². The summed E-state index contributed by atoms with van der Waals surface area (Å²) in [4.78, 5) is 35.3. The van der Waals surface area contributed by atoms with Crippen LogP contribution in [0.25, 0.3) is 11.1 Å². The summed E-state index contributed by atoms with van der Waals surface area (Å²) in [6, 6.07) is 16.3. The van der Waals surface area contributed by atoms with Crippen molar-refractivity contribution in [2.75, 3.05) is 24.7 Å². The van der Waals surface area contributed by atoms with Crippen LogP contribution in [0.2, 0.25) is 0 Å². The second-order valence-corrected chi connectivity index (χ2v) is 9.52. The summed E-state index contributed by atoms with van der Waals surface area (Å²) in [5, 5.41) is 14.4. The van der Waals surface area contributed by atoms with E-state index in [4.69, 9.17) is 9.84 Å². The Bertz CT molecular complexity index is 982. The van der Waals surface area contributed by atoms with Gasteiger partial charge >= 0.3 is 12.1 Å². The fourth-order valence-electron chi connectivity index (χ4n) is 4.71. The fraction of sp³-hybridized carbons (Fsp3) is 0.400. The lowest BCUT2D eigenvalue weighted by molar-refractivity contribution is -0.134. The van der Waals surface area contributed by atoms with Gasteiger partial charge in [0.25, 0.3) is 0 Å². The first-order valence-corrected chi connectivity index (χ1v) is 12.4. The monoisotopic (exact) mass is 468 g/mol. The maximum atomic E-state index is 12.5. The molecule has 2 aliphatic carbocycles. The molecule has 8 heteroatoms. The van der Waals surface area contributed by atoms with E-state index in [1.165, 1.54) is 34.0 Å². The van der Waals surface area contributed by atoms with Crippen LogP contribution in [0, 0.1) is 5.92 Å². The minimum atomic E-state index is -0.857. The maximum absolute atomic E-state index is 12.5. The van der Waals surface area contributed by atoms with Crippen molar-refractivity contribution >= 4 is 29.7 Å². The molecule has 2 amide bonds. The van der Waals surface area contributed by atoms with Gasteiger partial charge < -0.3 is 20.5 Å². The van der Waals surface area contributed by atoms with Gasteiger partial charge in [0, 0.05) is 30.2 Å². The number of thioether (sulfide) groups is 1. The number of amides is 2. The van der Waals surface area contributed by atoms with E-state index in [1.807, 2.05) is 24.3 Å². The molecule has 0 aliphatic heterocycles. The molecule has 1 fully saturated rings. The van der Waals surface area contributed by atoms with Gasteiger partial charge in [-0.3, -0.25) is 9.59 Å². The van der Waals surface area contributed by atoms with Crippen LogP contribution < -0.4 is 10.6 Å². The van der Waals surface area contributed by atoms with Gasteiger partial charge in [-0.1, -0.05) is 48.5 Å². The summed E-state index contributed by atoms with van der Waals surface area (Å²) in [5.74, 6) is -0.429. The number of nitrogens with one attached hydrogen (secondary N) is 2. The Hall–Kier alpha value is -3.00. The number of hydrogen-bond acceptors (Lipinski definition) is 5. The van der Waals surface area contributed by atoms with E-state index in [2.05, 4.69) is 34.9 Å². The van der Waals surface area contributed by atoms with Gasteiger partial charge in [-0.2, -0.15) is 0 Å². The first-order chi connectivity index (χ1) is 16.0. The van der Waals surface area contributed by atoms with Gasteiger partial charge in [0.1, 0.15) is 6.61 Å². The zero-order chi connectivity index (χ0) is 23.2. The Morgan fingerprint density at radius 3 is 2.33 bits per heavy atom.